The third kappa shape index (κ3) is 5.84. The lowest BCUT2D eigenvalue weighted by Gasteiger charge is -2.43. The summed E-state index contributed by atoms with van der Waals surface area (Å²) in [6, 6.07) is 20.6. The van der Waals surface area contributed by atoms with Gasteiger partial charge in [-0.25, -0.2) is 0 Å². The number of benzene rings is 2. The maximum Gasteiger partial charge on any atom is 0.307 e. The number of hydrogen-bond acceptors (Lipinski definition) is 6. The lowest BCUT2D eigenvalue weighted by Crippen LogP contribution is -2.52. The fourth-order valence-electron chi connectivity index (χ4n) is 5.39. The Morgan fingerprint density at radius 2 is 1.44 bits per heavy atom. The van der Waals surface area contributed by atoms with Gasteiger partial charge in [0.2, 0.25) is 5.91 Å². The third-order valence-corrected chi connectivity index (χ3v) is 7.67. The maximum atomic E-state index is 11.4. The fourth-order valence-corrected chi connectivity index (χ4v) is 5.39. The summed E-state index contributed by atoms with van der Waals surface area (Å²) in [5.41, 5.74) is 8.87. The Kier molecular flexibility index (Phi) is 7.72. The second-order valence-electron chi connectivity index (χ2n) is 10.3. The molecule has 1 amide bonds. The van der Waals surface area contributed by atoms with Gasteiger partial charge in [0, 0.05) is 32.1 Å². The lowest BCUT2D eigenvalue weighted by atomic mass is 9.77. The summed E-state index contributed by atoms with van der Waals surface area (Å²) < 4.78 is 3.66. The minimum absolute atomic E-state index is 0.0558. The summed E-state index contributed by atoms with van der Waals surface area (Å²) in [4.78, 5) is 23.6. The molecule has 2 fully saturated rings. The highest BCUT2D eigenvalue weighted by Crippen LogP contribution is 2.40. The number of nitro groups is 1. The summed E-state index contributed by atoms with van der Waals surface area (Å²) in [6.45, 7) is 3.16. The van der Waals surface area contributed by atoms with E-state index in [1.165, 1.54) is 29.9 Å². The molecule has 4 aromatic rings. The Morgan fingerprint density at radius 1 is 0.897 bits per heavy atom. The van der Waals surface area contributed by atoms with E-state index in [0.717, 1.165) is 25.9 Å². The lowest BCUT2D eigenvalue weighted by molar-refractivity contribution is -0.385. The van der Waals surface area contributed by atoms with Crippen LogP contribution in [0.4, 0.5) is 11.4 Å². The number of nitrogens with zero attached hydrogens (tertiary/aromatic N) is 6. The molecule has 2 aliphatic rings. The Bertz CT molecular complexity index is 1390. The van der Waals surface area contributed by atoms with Gasteiger partial charge in [0.25, 0.3) is 0 Å². The molecule has 0 spiro atoms. The molecule has 2 N–H and O–H groups in total. The topological polar surface area (TPSA) is 125 Å². The number of carbonyl (C=O) groups excluding carboxylic acids is 1. The van der Waals surface area contributed by atoms with E-state index in [9.17, 15) is 14.9 Å². The van der Waals surface area contributed by atoms with Crippen LogP contribution < -0.4 is 5.73 Å². The molecule has 6 rings (SSSR count). The van der Waals surface area contributed by atoms with Crippen molar-refractivity contribution in [1.82, 2.24) is 24.5 Å². The van der Waals surface area contributed by atoms with Crippen molar-refractivity contribution in [2.75, 3.05) is 18.8 Å². The smallest absolute Gasteiger partial charge is 0.307 e. The maximum absolute atomic E-state index is 11.4. The summed E-state index contributed by atoms with van der Waals surface area (Å²) in [6.07, 6.45) is 9.94. The number of rotatable bonds is 7. The van der Waals surface area contributed by atoms with Crippen LogP contribution in [0.5, 0.6) is 0 Å². The predicted molar refractivity (Wildman–Crippen MR) is 148 cm³/mol. The molecule has 1 aliphatic heterocycles. The second-order valence-corrected chi connectivity index (χ2v) is 10.3. The largest absolute Gasteiger partial charge is 0.396 e. The van der Waals surface area contributed by atoms with Crippen molar-refractivity contribution < 1.29 is 9.72 Å². The molecule has 0 radical (unpaired) electrons. The van der Waals surface area contributed by atoms with Gasteiger partial charge in [-0.05, 0) is 29.9 Å². The Balaban J connectivity index is 0.000000158. The van der Waals surface area contributed by atoms with Gasteiger partial charge in [0.05, 0.1) is 28.9 Å². The minimum Gasteiger partial charge on any atom is -0.396 e. The van der Waals surface area contributed by atoms with Crippen LogP contribution in [-0.4, -0.2) is 48.4 Å². The van der Waals surface area contributed by atoms with Crippen LogP contribution >= 0.6 is 0 Å². The number of nitrogens with two attached hydrogens (primary N) is 1. The number of aromatic nitrogens is 4. The summed E-state index contributed by atoms with van der Waals surface area (Å²) in [5, 5.41) is 19.3. The molecule has 3 heterocycles. The van der Waals surface area contributed by atoms with Crippen molar-refractivity contribution in [3.8, 4) is 0 Å². The fraction of sp³-hybridized carbons (Fsp3) is 0.345. The first-order valence-corrected chi connectivity index (χ1v) is 13.2. The molecule has 2 atom stereocenters. The number of hydrogen-bond donors (Lipinski definition) is 1. The minimum atomic E-state index is -0.397. The van der Waals surface area contributed by atoms with E-state index in [4.69, 9.17) is 5.73 Å². The molecule has 1 aliphatic carbocycles. The highest BCUT2D eigenvalue weighted by molar-refractivity contribution is 5.74. The van der Waals surface area contributed by atoms with E-state index >= 15 is 0 Å². The van der Waals surface area contributed by atoms with Gasteiger partial charge in [-0.1, -0.05) is 67.1 Å². The second kappa shape index (κ2) is 11.5. The van der Waals surface area contributed by atoms with Gasteiger partial charge in [-0.3, -0.25) is 24.3 Å². The molecule has 2 unspecified atom stereocenters. The monoisotopic (exact) mass is 527 g/mol. The van der Waals surface area contributed by atoms with Gasteiger partial charge in [-0.15, -0.1) is 0 Å². The van der Waals surface area contributed by atoms with Gasteiger partial charge < -0.3 is 10.6 Å². The van der Waals surface area contributed by atoms with Gasteiger partial charge in [0.1, 0.15) is 12.4 Å². The van der Waals surface area contributed by atoms with Crippen molar-refractivity contribution >= 4 is 17.3 Å². The van der Waals surface area contributed by atoms with E-state index < -0.39 is 4.92 Å². The molecule has 202 valence electrons. The van der Waals surface area contributed by atoms with Crippen molar-refractivity contribution in [2.24, 2.45) is 11.8 Å². The van der Waals surface area contributed by atoms with Crippen LogP contribution in [0.1, 0.15) is 49.4 Å². The average molecular weight is 528 g/mol. The molecule has 0 bridgehead atoms. The van der Waals surface area contributed by atoms with Gasteiger partial charge in [0.15, 0.2) is 0 Å². The van der Waals surface area contributed by atoms with Crippen LogP contribution in [0, 0.1) is 22.0 Å². The van der Waals surface area contributed by atoms with Crippen molar-refractivity contribution in [3.05, 3.63) is 107 Å². The van der Waals surface area contributed by atoms with E-state index in [0.29, 0.717) is 17.5 Å². The molecule has 10 heteroatoms. The Morgan fingerprint density at radius 3 is 1.87 bits per heavy atom. The first-order valence-electron chi connectivity index (χ1n) is 13.2. The van der Waals surface area contributed by atoms with Gasteiger partial charge in [-0.2, -0.15) is 10.2 Å². The van der Waals surface area contributed by atoms with Crippen LogP contribution in [0.3, 0.4) is 0 Å². The zero-order valence-electron chi connectivity index (χ0n) is 21.9. The van der Waals surface area contributed by atoms with Crippen molar-refractivity contribution in [2.45, 2.75) is 38.3 Å². The van der Waals surface area contributed by atoms with E-state index in [2.05, 4.69) is 34.5 Å². The van der Waals surface area contributed by atoms with Crippen LogP contribution in [0.25, 0.3) is 0 Å². The van der Waals surface area contributed by atoms with Crippen molar-refractivity contribution in [3.63, 3.8) is 0 Å². The number of carbonyl (C=O) groups is 1. The summed E-state index contributed by atoms with van der Waals surface area (Å²) >= 11 is 0. The SMILES string of the molecule is CC(=O)N1CC(C(c2ccccc2)n2cc(N)cn2)C1.O=[N+]([O-])c1cnn(C(c2ccccc2)C2CCC2)c1. The van der Waals surface area contributed by atoms with Crippen LogP contribution in [0.2, 0.25) is 0 Å². The van der Waals surface area contributed by atoms with Gasteiger partial charge >= 0.3 is 5.69 Å². The van der Waals surface area contributed by atoms with E-state index in [1.807, 2.05) is 52.2 Å². The third-order valence-electron chi connectivity index (χ3n) is 7.67. The standard InChI is InChI=1S/C15H18N4O.C14H15N3O2/c1-11(20)18-8-13(9-18)15(12-5-3-2-4-6-12)19-10-14(16)7-17-19;18-17(19)13-9-15-16(10-13)14(12-7-4-8-12)11-5-2-1-3-6-11/h2-7,10,13,15H,8-9,16H2,1H3;1-3,5-6,9-10,12,14H,4,7-8H2. The summed E-state index contributed by atoms with van der Waals surface area (Å²) in [7, 11) is 0. The number of amides is 1. The molecule has 10 nitrogen and oxygen atoms in total. The first kappa shape index (κ1) is 26.1. The molecule has 39 heavy (non-hydrogen) atoms. The predicted octanol–water partition coefficient (Wildman–Crippen LogP) is 4.71. The molecular weight excluding hydrogens is 494 g/mol. The zero-order chi connectivity index (χ0) is 27.4. The number of nitrogen functional groups attached to an aromatic ring is 1. The molecule has 2 aromatic heterocycles. The Hall–Kier alpha value is -4.47. The molecule has 1 saturated carbocycles. The van der Waals surface area contributed by atoms with Crippen LogP contribution in [0.15, 0.2) is 85.5 Å². The van der Waals surface area contributed by atoms with E-state index in [-0.39, 0.29) is 23.7 Å². The molecule has 2 aromatic carbocycles. The van der Waals surface area contributed by atoms with Crippen LogP contribution in [-0.2, 0) is 4.79 Å². The molecule has 1 saturated heterocycles. The molecular formula is C29H33N7O3. The first-order chi connectivity index (χ1) is 18.9. The highest BCUT2D eigenvalue weighted by atomic mass is 16.6. The number of likely N-dealkylation sites (tertiary alicyclic amines) is 1. The Labute approximate surface area is 227 Å². The highest BCUT2D eigenvalue weighted by Gasteiger charge is 2.37. The summed E-state index contributed by atoms with van der Waals surface area (Å²) in [5.74, 6) is 1.04. The average Bonchev–Trinajstić information content (AvgIpc) is 3.54. The number of anilines is 1. The zero-order valence-corrected chi connectivity index (χ0v) is 21.9. The van der Waals surface area contributed by atoms with E-state index in [1.54, 1.807) is 17.8 Å². The quantitative estimate of drug-likeness (QED) is 0.274. The normalized spacial score (nSPS) is 16.8. The van der Waals surface area contributed by atoms with Crippen molar-refractivity contribution in [1.29, 1.82) is 0 Å².